The second-order valence-electron chi connectivity index (χ2n) is 7.74. The number of hydrogen-bond donors (Lipinski definition) is 1. The number of fused-ring (bicyclic) bond motifs is 1. The van der Waals surface area contributed by atoms with Crippen LogP contribution in [0.2, 0.25) is 0 Å². The van der Waals surface area contributed by atoms with Crippen molar-refractivity contribution in [2.45, 2.75) is 20.4 Å². The van der Waals surface area contributed by atoms with Crippen molar-refractivity contribution in [3.05, 3.63) is 82.3 Å². The Kier molecular flexibility index (Phi) is 4.58. The molecule has 0 saturated carbocycles. The van der Waals surface area contributed by atoms with Crippen LogP contribution in [0.15, 0.2) is 59.5 Å². The van der Waals surface area contributed by atoms with Crippen LogP contribution in [0.25, 0.3) is 28.0 Å². The van der Waals surface area contributed by atoms with E-state index in [-0.39, 0.29) is 18.2 Å². The lowest BCUT2D eigenvalue weighted by Gasteiger charge is -2.13. The molecule has 0 bridgehead atoms. The van der Waals surface area contributed by atoms with Crippen LogP contribution < -0.4 is 11.4 Å². The van der Waals surface area contributed by atoms with E-state index < -0.39 is 0 Å². The molecule has 0 fully saturated rings. The van der Waals surface area contributed by atoms with Gasteiger partial charge >= 0.3 is 5.69 Å². The third-order valence-corrected chi connectivity index (χ3v) is 5.41. The van der Waals surface area contributed by atoms with E-state index in [1.165, 1.54) is 9.08 Å². The van der Waals surface area contributed by atoms with Gasteiger partial charge in [0.2, 0.25) is 5.95 Å². The molecule has 0 amide bonds. The van der Waals surface area contributed by atoms with Crippen molar-refractivity contribution in [2.24, 2.45) is 7.05 Å². The molecule has 0 spiro atoms. The lowest BCUT2D eigenvalue weighted by molar-refractivity contribution is 0.604. The molecule has 160 valence electrons. The summed E-state index contributed by atoms with van der Waals surface area (Å²) in [6, 6.07) is 15.5. The number of aryl methyl sites for hydroxylation is 3. The zero-order valence-electron chi connectivity index (χ0n) is 18.0. The number of nitrogen functional groups attached to an aromatic ring is 1. The Morgan fingerprint density at radius 2 is 1.69 bits per heavy atom. The van der Waals surface area contributed by atoms with Crippen LogP contribution in [0.4, 0.5) is 5.95 Å². The second kappa shape index (κ2) is 7.45. The van der Waals surface area contributed by atoms with Crippen LogP contribution in [-0.2, 0) is 13.6 Å². The number of aromatic nitrogens is 7. The molecule has 1 aromatic carbocycles. The van der Waals surface area contributed by atoms with Crippen LogP contribution in [0.1, 0.15) is 17.1 Å². The minimum atomic E-state index is -0.352. The zero-order valence-corrected chi connectivity index (χ0v) is 18.0. The molecule has 0 aliphatic heterocycles. The van der Waals surface area contributed by atoms with E-state index in [1.807, 2.05) is 69.4 Å². The van der Waals surface area contributed by atoms with Crippen molar-refractivity contribution in [1.82, 2.24) is 33.9 Å². The summed E-state index contributed by atoms with van der Waals surface area (Å²) in [5, 5.41) is 8.87. The highest BCUT2D eigenvalue weighted by Crippen LogP contribution is 2.34. The quantitative estimate of drug-likeness (QED) is 0.473. The van der Waals surface area contributed by atoms with Gasteiger partial charge in [0.1, 0.15) is 0 Å². The van der Waals surface area contributed by atoms with Crippen LogP contribution in [0, 0.1) is 13.8 Å². The summed E-state index contributed by atoms with van der Waals surface area (Å²) in [6.07, 6.45) is 1.69. The fourth-order valence-electron chi connectivity index (χ4n) is 3.96. The van der Waals surface area contributed by atoms with E-state index in [0.29, 0.717) is 11.3 Å². The van der Waals surface area contributed by atoms with Crippen LogP contribution >= 0.6 is 0 Å². The SMILES string of the molecule is Cc1cc(-c2c(-c3ccccc3)nc(N)n3c(=O)n(Cc4ccnn4C)nc23)cc(C)n1. The van der Waals surface area contributed by atoms with Gasteiger partial charge in [0.05, 0.1) is 23.5 Å². The molecule has 32 heavy (non-hydrogen) atoms. The summed E-state index contributed by atoms with van der Waals surface area (Å²) in [6.45, 7) is 4.15. The number of benzene rings is 1. The Hall–Kier alpha value is -4.27. The van der Waals surface area contributed by atoms with Crippen molar-refractivity contribution < 1.29 is 0 Å². The molecule has 9 heteroatoms. The van der Waals surface area contributed by atoms with Crippen molar-refractivity contribution in [1.29, 1.82) is 0 Å². The molecule has 2 N–H and O–H groups in total. The Morgan fingerprint density at radius 1 is 0.969 bits per heavy atom. The van der Waals surface area contributed by atoms with Gasteiger partial charge in [-0.25, -0.2) is 18.9 Å². The fraction of sp³-hybridized carbons (Fsp3) is 0.174. The standard InChI is InChI=1S/C23H22N8O/c1-14-11-17(12-15(2)26-14)19-20(16-7-5-4-6-8-16)27-22(24)31-21(19)28-30(23(31)32)13-18-9-10-25-29(18)3/h4-12H,13H2,1-3H3,(H2,24,27). The first kappa shape index (κ1) is 19.7. The van der Waals surface area contributed by atoms with E-state index in [1.54, 1.807) is 10.9 Å². The number of nitrogens with zero attached hydrogens (tertiary/aromatic N) is 7. The molecule has 0 aliphatic carbocycles. The molecular formula is C23H22N8O. The first-order chi connectivity index (χ1) is 15.4. The van der Waals surface area contributed by atoms with E-state index in [4.69, 9.17) is 10.8 Å². The first-order valence-electron chi connectivity index (χ1n) is 10.2. The molecule has 0 unspecified atom stereocenters. The van der Waals surface area contributed by atoms with Gasteiger partial charge in [0.25, 0.3) is 0 Å². The predicted octanol–water partition coefficient (Wildman–Crippen LogP) is 2.60. The third kappa shape index (κ3) is 3.24. The molecular weight excluding hydrogens is 404 g/mol. The largest absolute Gasteiger partial charge is 0.369 e. The second-order valence-corrected chi connectivity index (χ2v) is 7.74. The van der Waals surface area contributed by atoms with Crippen LogP contribution in [0.3, 0.4) is 0 Å². The van der Waals surface area contributed by atoms with Crippen molar-refractivity contribution in [3.63, 3.8) is 0 Å². The molecule has 4 heterocycles. The summed E-state index contributed by atoms with van der Waals surface area (Å²) in [5.74, 6) is 0.0892. The van der Waals surface area contributed by atoms with Gasteiger partial charge in [0.15, 0.2) is 5.65 Å². The highest BCUT2D eigenvalue weighted by Gasteiger charge is 2.22. The normalized spacial score (nSPS) is 11.3. The number of pyridine rings is 1. The molecule has 0 aliphatic rings. The Balaban J connectivity index is 1.84. The van der Waals surface area contributed by atoms with E-state index in [9.17, 15) is 4.79 Å². The van der Waals surface area contributed by atoms with E-state index in [2.05, 4.69) is 15.1 Å². The van der Waals surface area contributed by atoms with Crippen LogP contribution in [0.5, 0.6) is 0 Å². The molecule has 0 radical (unpaired) electrons. The summed E-state index contributed by atoms with van der Waals surface area (Å²) in [5.41, 5.74) is 12.1. The Bertz CT molecular complexity index is 1490. The van der Waals surface area contributed by atoms with Gasteiger partial charge in [-0.1, -0.05) is 30.3 Å². The minimum Gasteiger partial charge on any atom is -0.369 e. The highest BCUT2D eigenvalue weighted by atomic mass is 16.2. The first-order valence-corrected chi connectivity index (χ1v) is 10.2. The highest BCUT2D eigenvalue weighted by molar-refractivity contribution is 5.90. The summed E-state index contributed by atoms with van der Waals surface area (Å²) >= 11 is 0. The summed E-state index contributed by atoms with van der Waals surface area (Å²) in [7, 11) is 1.83. The summed E-state index contributed by atoms with van der Waals surface area (Å²) < 4.78 is 4.47. The maximum absolute atomic E-state index is 13.3. The average Bonchev–Trinajstić information content (AvgIpc) is 3.31. The maximum Gasteiger partial charge on any atom is 0.353 e. The topological polar surface area (TPSA) is 109 Å². The maximum atomic E-state index is 13.3. The molecule has 5 rings (SSSR count). The smallest absolute Gasteiger partial charge is 0.353 e. The van der Waals surface area contributed by atoms with Gasteiger partial charge in [-0.2, -0.15) is 5.10 Å². The molecule has 5 aromatic rings. The van der Waals surface area contributed by atoms with E-state index >= 15 is 0 Å². The third-order valence-electron chi connectivity index (χ3n) is 5.41. The number of hydrogen-bond acceptors (Lipinski definition) is 6. The Morgan fingerprint density at radius 3 is 2.34 bits per heavy atom. The molecule has 0 atom stereocenters. The monoisotopic (exact) mass is 426 g/mol. The zero-order chi connectivity index (χ0) is 22.4. The predicted molar refractivity (Wildman–Crippen MR) is 122 cm³/mol. The molecule has 0 saturated heterocycles. The van der Waals surface area contributed by atoms with Crippen LogP contribution in [-0.4, -0.2) is 33.9 Å². The van der Waals surface area contributed by atoms with Gasteiger partial charge in [0, 0.05) is 30.2 Å². The molecule has 4 aromatic heterocycles. The number of nitrogens with two attached hydrogens (primary N) is 1. The van der Waals surface area contributed by atoms with Crippen molar-refractivity contribution in [2.75, 3.05) is 5.73 Å². The van der Waals surface area contributed by atoms with Gasteiger partial charge < -0.3 is 5.73 Å². The number of anilines is 1. The lowest BCUT2D eigenvalue weighted by atomic mass is 9.99. The minimum absolute atomic E-state index is 0.0892. The van der Waals surface area contributed by atoms with Gasteiger partial charge in [-0.15, -0.1) is 5.10 Å². The summed E-state index contributed by atoms with van der Waals surface area (Å²) in [4.78, 5) is 22.4. The van der Waals surface area contributed by atoms with E-state index in [0.717, 1.165) is 33.8 Å². The van der Waals surface area contributed by atoms with Crippen molar-refractivity contribution in [3.8, 4) is 22.4 Å². The number of rotatable bonds is 4. The Labute approximate surface area is 183 Å². The van der Waals surface area contributed by atoms with Crippen molar-refractivity contribution >= 4 is 11.6 Å². The van der Waals surface area contributed by atoms with Gasteiger partial charge in [-0.05, 0) is 37.6 Å². The average molecular weight is 426 g/mol. The molecule has 9 nitrogen and oxygen atoms in total. The fourth-order valence-corrected chi connectivity index (χ4v) is 3.96. The lowest BCUT2D eigenvalue weighted by Crippen LogP contribution is -2.24. The van der Waals surface area contributed by atoms with Gasteiger partial charge in [-0.3, -0.25) is 9.67 Å².